The predicted octanol–water partition coefficient (Wildman–Crippen LogP) is 1.46. The van der Waals surface area contributed by atoms with Crippen LogP contribution in [0.3, 0.4) is 0 Å². The number of benzene rings is 1. The monoisotopic (exact) mass is 373 g/mol. The Kier molecular flexibility index (Phi) is 5.18. The fraction of sp³-hybridized carbons (Fsp3) is 0.400. The molecule has 1 amide bonds. The van der Waals surface area contributed by atoms with Gasteiger partial charge in [-0.3, -0.25) is 10.2 Å². The molecule has 1 fully saturated rings. The zero-order valence-electron chi connectivity index (χ0n) is 13.5. The number of hydrogen-bond acceptors (Lipinski definition) is 5. The lowest BCUT2D eigenvalue weighted by Crippen LogP contribution is -2.48. The number of alkyl halides is 3. The van der Waals surface area contributed by atoms with Gasteiger partial charge in [0.25, 0.3) is 5.91 Å². The lowest BCUT2D eigenvalue weighted by Gasteiger charge is -2.26. The smallest absolute Gasteiger partial charge is 0.379 e. The molecule has 0 unspecified atom stereocenters. The first-order chi connectivity index (χ1) is 12.3. The van der Waals surface area contributed by atoms with Gasteiger partial charge >= 0.3 is 6.18 Å². The van der Waals surface area contributed by atoms with Crippen LogP contribution < -0.4 is 5.43 Å². The molecule has 0 radical (unpaired) electrons. The molecule has 0 atom stereocenters. The number of halogens is 4. The number of morpholine rings is 1. The first-order valence-corrected chi connectivity index (χ1v) is 7.72. The average molecular weight is 373 g/mol. The van der Waals surface area contributed by atoms with Crippen LogP contribution in [-0.2, 0) is 17.5 Å². The highest BCUT2D eigenvalue weighted by Gasteiger charge is 2.34. The van der Waals surface area contributed by atoms with E-state index < -0.39 is 23.5 Å². The van der Waals surface area contributed by atoms with Crippen LogP contribution in [0.2, 0.25) is 0 Å². The molecule has 0 aliphatic carbocycles. The highest BCUT2D eigenvalue weighted by molar-refractivity contribution is 5.91. The molecule has 2 aromatic rings. The van der Waals surface area contributed by atoms with E-state index >= 15 is 0 Å². The van der Waals surface area contributed by atoms with Gasteiger partial charge in [-0.05, 0) is 17.7 Å². The Balaban J connectivity index is 1.67. The number of carbonyl (C=O) groups excluding carboxylic acids is 1. The van der Waals surface area contributed by atoms with Gasteiger partial charge in [0.1, 0.15) is 5.82 Å². The normalized spacial score (nSPS) is 15.8. The topological polar surface area (TPSA) is 72.3 Å². The lowest BCUT2D eigenvalue weighted by molar-refractivity contribution is -0.140. The van der Waals surface area contributed by atoms with Crippen LogP contribution in [0.4, 0.5) is 17.6 Å². The third-order valence-corrected chi connectivity index (χ3v) is 3.72. The van der Waals surface area contributed by atoms with Crippen LogP contribution in [0.25, 0.3) is 0 Å². The summed E-state index contributed by atoms with van der Waals surface area (Å²) in [6.45, 7) is 1.99. The number of hydrogen-bond donors (Lipinski definition) is 1. The van der Waals surface area contributed by atoms with E-state index in [1.165, 1.54) is 16.9 Å². The van der Waals surface area contributed by atoms with E-state index in [4.69, 9.17) is 4.74 Å². The molecule has 0 bridgehead atoms. The second kappa shape index (κ2) is 7.38. The third kappa shape index (κ3) is 4.35. The number of carbonyl (C=O) groups is 1. The van der Waals surface area contributed by atoms with Crippen molar-refractivity contribution in [2.45, 2.75) is 12.7 Å². The van der Waals surface area contributed by atoms with E-state index in [-0.39, 0.29) is 17.8 Å². The molecule has 7 nitrogen and oxygen atoms in total. The molecule has 11 heteroatoms. The molecule has 0 saturated carbocycles. The summed E-state index contributed by atoms with van der Waals surface area (Å²) < 4.78 is 58.0. The number of hydrazine groups is 1. The van der Waals surface area contributed by atoms with Gasteiger partial charge < -0.3 is 4.74 Å². The Bertz CT molecular complexity index is 787. The molecule has 0 spiro atoms. The third-order valence-electron chi connectivity index (χ3n) is 3.72. The van der Waals surface area contributed by atoms with E-state index in [1.807, 2.05) is 0 Å². The maximum Gasteiger partial charge on any atom is 0.419 e. The second-order valence-corrected chi connectivity index (χ2v) is 5.65. The van der Waals surface area contributed by atoms with Crippen LogP contribution in [0.1, 0.15) is 21.6 Å². The zero-order chi connectivity index (χ0) is 18.7. The summed E-state index contributed by atoms with van der Waals surface area (Å²) in [4.78, 5) is 12.1. The van der Waals surface area contributed by atoms with E-state index in [9.17, 15) is 22.4 Å². The standard InChI is InChI=1S/C15H15F4N5O2/c16-12-2-1-10(7-11(12)15(17,18)19)8-24-9-13(20-22-24)14(25)21-23-3-5-26-6-4-23/h1-2,7,9H,3-6,8H2,(H,21,25). The van der Waals surface area contributed by atoms with E-state index in [1.54, 1.807) is 5.01 Å². The SMILES string of the molecule is O=C(NN1CCOCC1)c1cn(Cc2ccc(F)c(C(F)(F)F)c2)nn1. The van der Waals surface area contributed by atoms with Gasteiger partial charge in [0.15, 0.2) is 5.69 Å². The van der Waals surface area contributed by atoms with Gasteiger partial charge in [-0.15, -0.1) is 5.10 Å². The van der Waals surface area contributed by atoms with Crippen molar-refractivity contribution in [2.75, 3.05) is 26.3 Å². The molecule has 1 saturated heterocycles. The molecule has 26 heavy (non-hydrogen) atoms. The lowest BCUT2D eigenvalue weighted by atomic mass is 10.1. The van der Waals surface area contributed by atoms with Crippen molar-refractivity contribution in [3.8, 4) is 0 Å². The van der Waals surface area contributed by atoms with E-state index in [2.05, 4.69) is 15.7 Å². The number of rotatable bonds is 4. The van der Waals surface area contributed by atoms with Crippen LogP contribution in [0.5, 0.6) is 0 Å². The van der Waals surface area contributed by atoms with E-state index in [0.717, 1.165) is 6.07 Å². The van der Waals surface area contributed by atoms with Gasteiger partial charge in [0.05, 0.1) is 31.5 Å². The summed E-state index contributed by atoms with van der Waals surface area (Å²) in [5, 5.41) is 9.12. The molecule has 1 N–H and O–H groups in total. The Morgan fingerprint density at radius 1 is 1.27 bits per heavy atom. The molecule has 140 valence electrons. The van der Waals surface area contributed by atoms with Gasteiger partial charge in [0.2, 0.25) is 0 Å². The summed E-state index contributed by atoms with van der Waals surface area (Å²) in [5.74, 6) is -1.82. The van der Waals surface area contributed by atoms with Crippen molar-refractivity contribution >= 4 is 5.91 Å². The zero-order valence-corrected chi connectivity index (χ0v) is 13.5. The van der Waals surface area contributed by atoms with Gasteiger partial charge in [-0.1, -0.05) is 11.3 Å². The second-order valence-electron chi connectivity index (χ2n) is 5.65. The summed E-state index contributed by atoms with van der Waals surface area (Å²) in [6, 6.07) is 2.69. The van der Waals surface area contributed by atoms with Crippen LogP contribution in [0.15, 0.2) is 24.4 Å². The van der Waals surface area contributed by atoms with Crippen molar-refractivity contribution in [3.63, 3.8) is 0 Å². The first-order valence-electron chi connectivity index (χ1n) is 7.72. The van der Waals surface area contributed by atoms with Crippen molar-refractivity contribution in [1.29, 1.82) is 0 Å². The Morgan fingerprint density at radius 3 is 2.69 bits per heavy atom. The highest BCUT2D eigenvalue weighted by Crippen LogP contribution is 2.32. The fourth-order valence-electron chi connectivity index (χ4n) is 2.43. The minimum atomic E-state index is -4.79. The van der Waals surface area contributed by atoms with Crippen molar-refractivity contribution in [1.82, 2.24) is 25.4 Å². The van der Waals surface area contributed by atoms with Crippen molar-refractivity contribution in [2.24, 2.45) is 0 Å². The number of aromatic nitrogens is 3. The number of nitrogens with one attached hydrogen (secondary N) is 1. The van der Waals surface area contributed by atoms with Gasteiger partial charge in [-0.2, -0.15) is 13.2 Å². The molecule has 1 aromatic carbocycles. The Hall–Kier alpha value is -2.53. The summed E-state index contributed by atoms with van der Waals surface area (Å²) >= 11 is 0. The maximum atomic E-state index is 13.3. The quantitative estimate of drug-likeness (QED) is 0.822. The van der Waals surface area contributed by atoms with Crippen molar-refractivity contribution < 1.29 is 27.1 Å². The molecule has 1 aliphatic rings. The molecular formula is C15H15F4N5O2. The van der Waals surface area contributed by atoms with Crippen LogP contribution in [0, 0.1) is 5.82 Å². The molecule has 1 aliphatic heterocycles. The minimum absolute atomic E-state index is 0.0228. The highest BCUT2D eigenvalue weighted by atomic mass is 19.4. The summed E-state index contributed by atoms with van der Waals surface area (Å²) in [7, 11) is 0. The Morgan fingerprint density at radius 2 is 2.00 bits per heavy atom. The number of nitrogens with zero attached hydrogens (tertiary/aromatic N) is 4. The van der Waals surface area contributed by atoms with Crippen LogP contribution >= 0.6 is 0 Å². The minimum Gasteiger partial charge on any atom is -0.379 e. The van der Waals surface area contributed by atoms with Gasteiger partial charge in [0, 0.05) is 13.1 Å². The molecule has 2 heterocycles. The summed E-state index contributed by atoms with van der Waals surface area (Å²) in [6.07, 6.45) is -3.47. The largest absolute Gasteiger partial charge is 0.419 e. The van der Waals surface area contributed by atoms with Gasteiger partial charge in [-0.25, -0.2) is 14.1 Å². The maximum absolute atomic E-state index is 13.3. The number of ether oxygens (including phenoxy) is 1. The molecular weight excluding hydrogens is 358 g/mol. The predicted molar refractivity (Wildman–Crippen MR) is 80.4 cm³/mol. The Labute approximate surface area is 145 Å². The first kappa shape index (κ1) is 18.3. The van der Waals surface area contributed by atoms with E-state index in [0.29, 0.717) is 32.4 Å². The van der Waals surface area contributed by atoms with Crippen LogP contribution in [-0.4, -0.2) is 52.2 Å². The fourth-order valence-corrected chi connectivity index (χ4v) is 2.43. The summed E-state index contributed by atoms with van der Waals surface area (Å²) in [5.41, 5.74) is 1.51. The van der Waals surface area contributed by atoms with Crippen molar-refractivity contribution in [3.05, 3.63) is 47.0 Å². The number of amides is 1. The molecule has 3 rings (SSSR count). The average Bonchev–Trinajstić information content (AvgIpc) is 3.05. The molecule has 1 aromatic heterocycles.